The summed E-state index contributed by atoms with van der Waals surface area (Å²) < 4.78 is 6.57. The molecule has 1 unspecified atom stereocenters. The Morgan fingerprint density at radius 2 is 2.03 bits per heavy atom. The van der Waals surface area contributed by atoms with Crippen LogP contribution in [0.2, 0.25) is 0 Å². The van der Waals surface area contributed by atoms with Crippen LogP contribution in [-0.4, -0.2) is 31.4 Å². The first-order valence-corrected chi connectivity index (χ1v) is 12.7. The molecule has 172 valence electrons. The molecule has 32 heavy (non-hydrogen) atoms. The van der Waals surface area contributed by atoms with Crippen LogP contribution in [0.15, 0.2) is 17.4 Å². The van der Waals surface area contributed by atoms with Gasteiger partial charge in [-0.25, -0.2) is 14.8 Å². The van der Waals surface area contributed by atoms with Crippen molar-refractivity contribution in [3.05, 3.63) is 28.4 Å². The number of fused-ring (bicyclic) bond motifs is 3. The Morgan fingerprint density at radius 3 is 2.72 bits per heavy atom. The predicted octanol–water partition coefficient (Wildman–Crippen LogP) is 5.70. The van der Waals surface area contributed by atoms with E-state index in [-0.39, 0.29) is 0 Å². The number of carbonyl (C=O) groups excluding carboxylic acids is 1. The van der Waals surface area contributed by atoms with Gasteiger partial charge in [0.1, 0.15) is 16.2 Å². The minimum absolute atomic E-state index is 0.300. The number of nitrogen functional groups attached to an aromatic ring is 1. The third-order valence-corrected chi connectivity index (χ3v) is 7.74. The van der Waals surface area contributed by atoms with Crippen LogP contribution in [0.5, 0.6) is 0 Å². The van der Waals surface area contributed by atoms with Crippen molar-refractivity contribution in [3.8, 4) is 0 Å². The topological polar surface area (TPSA) is 95.9 Å². The molecule has 3 aromatic heterocycles. The zero-order chi connectivity index (χ0) is 23.3. The molecule has 4 rings (SSSR count). The molecule has 1 aliphatic carbocycles. The first-order chi connectivity index (χ1) is 14.9. The Balaban J connectivity index is 1.49. The maximum Gasteiger partial charge on any atom is 0.435 e. The summed E-state index contributed by atoms with van der Waals surface area (Å²) in [6.07, 6.45) is 4.43. The maximum absolute atomic E-state index is 12.2. The number of nitrogens with zero attached hydrogens (tertiary/aromatic N) is 4. The van der Waals surface area contributed by atoms with E-state index in [4.69, 9.17) is 15.5 Å². The molecule has 0 saturated heterocycles. The molecule has 0 aromatic carbocycles. The summed E-state index contributed by atoms with van der Waals surface area (Å²) in [4.78, 5) is 23.9. The minimum atomic E-state index is -0.564. The number of aryl methyl sites for hydroxylation is 1. The van der Waals surface area contributed by atoms with Gasteiger partial charge in [-0.2, -0.15) is 9.78 Å². The van der Waals surface area contributed by atoms with Gasteiger partial charge < -0.3 is 10.5 Å². The van der Waals surface area contributed by atoms with E-state index in [0.29, 0.717) is 28.1 Å². The molecule has 3 aromatic rings. The van der Waals surface area contributed by atoms with E-state index in [2.05, 4.69) is 30.9 Å². The number of nitrogens with two attached hydrogens (primary N) is 1. The molecule has 0 radical (unpaired) electrons. The van der Waals surface area contributed by atoms with Crippen LogP contribution in [0.1, 0.15) is 64.1 Å². The zero-order valence-electron chi connectivity index (χ0n) is 19.6. The first kappa shape index (κ1) is 23.0. The summed E-state index contributed by atoms with van der Waals surface area (Å²) in [6.45, 7) is 12.5. The smallest absolute Gasteiger partial charge is 0.435 e. The van der Waals surface area contributed by atoms with Gasteiger partial charge >= 0.3 is 6.09 Å². The Labute approximate surface area is 197 Å². The Kier molecular flexibility index (Phi) is 6.00. The van der Waals surface area contributed by atoms with E-state index in [1.54, 1.807) is 23.6 Å². The number of ether oxygens (including phenoxy) is 1. The number of hydrogen-bond donors (Lipinski definition) is 1. The highest BCUT2D eigenvalue weighted by Gasteiger charge is 2.31. The summed E-state index contributed by atoms with van der Waals surface area (Å²) >= 11 is 3.23. The van der Waals surface area contributed by atoms with Crippen LogP contribution < -0.4 is 5.73 Å². The van der Waals surface area contributed by atoms with Gasteiger partial charge in [0.25, 0.3) is 0 Å². The number of hydrogen-bond acceptors (Lipinski definition) is 8. The van der Waals surface area contributed by atoms with Gasteiger partial charge in [0.05, 0.1) is 11.1 Å². The number of thiophene rings is 1. The van der Waals surface area contributed by atoms with Crippen molar-refractivity contribution in [2.75, 3.05) is 5.73 Å². The molecule has 3 heterocycles. The number of rotatable bonds is 3. The van der Waals surface area contributed by atoms with E-state index < -0.39 is 11.7 Å². The second-order valence-corrected chi connectivity index (χ2v) is 12.4. The number of thioether (sulfide) groups is 1. The highest BCUT2D eigenvalue weighted by Crippen LogP contribution is 2.44. The molecule has 1 atom stereocenters. The molecule has 1 aliphatic rings. The van der Waals surface area contributed by atoms with Gasteiger partial charge in [0, 0.05) is 16.8 Å². The molecule has 0 aliphatic heterocycles. The van der Waals surface area contributed by atoms with Crippen LogP contribution >= 0.6 is 23.1 Å². The third kappa shape index (κ3) is 4.93. The van der Waals surface area contributed by atoms with Crippen molar-refractivity contribution in [1.82, 2.24) is 19.7 Å². The van der Waals surface area contributed by atoms with Gasteiger partial charge in [-0.15, -0.1) is 11.3 Å². The van der Waals surface area contributed by atoms with Crippen molar-refractivity contribution in [2.24, 2.45) is 11.3 Å². The maximum atomic E-state index is 12.2. The van der Waals surface area contributed by atoms with Crippen LogP contribution in [0.4, 0.5) is 10.6 Å². The van der Waals surface area contributed by atoms with E-state index in [9.17, 15) is 4.79 Å². The predicted molar refractivity (Wildman–Crippen MR) is 130 cm³/mol. The second-order valence-electron chi connectivity index (χ2n) is 10.4. The van der Waals surface area contributed by atoms with Crippen molar-refractivity contribution in [3.63, 3.8) is 0 Å². The molecular weight excluding hydrogens is 442 g/mol. The summed E-state index contributed by atoms with van der Waals surface area (Å²) in [7, 11) is 0. The molecule has 9 heteroatoms. The van der Waals surface area contributed by atoms with E-state index in [1.165, 1.54) is 33.3 Å². The third-order valence-electron chi connectivity index (χ3n) is 5.71. The average Bonchev–Trinajstić information content (AvgIpc) is 3.28. The number of aromatic nitrogens is 4. The summed E-state index contributed by atoms with van der Waals surface area (Å²) in [5.74, 6) is 1.77. The minimum Gasteiger partial charge on any atom is -0.442 e. The van der Waals surface area contributed by atoms with E-state index in [0.717, 1.165) is 28.8 Å². The van der Waals surface area contributed by atoms with Crippen molar-refractivity contribution < 1.29 is 9.53 Å². The van der Waals surface area contributed by atoms with Crippen molar-refractivity contribution in [1.29, 1.82) is 0 Å². The van der Waals surface area contributed by atoms with Crippen LogP contribution in [0.25, 0.3) is 10.2 Å². The molecule has 0 fully saturated rings. The number of anilines is 1. The van der Waals surface area contributed by atoms with E-state index >= 15 is 0 Å². The first-order valence-electron chi connectivity index (χ1n) is 10.9. The number of carbonyl (C=O) groups is 1. The van der Waals surface area contributed by atoms with Gasteiger partial charge in [-0.05, 0) is 63.0 Å². The fraction of sp³-hybridized carbons (Fsp3) is 0.565. The molecular formula is C23H31N5O2S2. The van der Waals surface area contributed by atoms with Crippen LogP contribution in [0, 0.1) is 11.3 Å². The molecule has 0 saturated carbocycles. The van der Waals surface area contributed by atoms with E-state index in [1.807, 2.05) is 20.8 Å². The SMILES string of the molecule is CC(C)(C)OC(=O)n1ccc(CSc2nc(N)c3c4c(sc3n2)CC(C(C)(C)C)CC4)n1. The summed E-state index contributed by atoms with van der Waals surface area (Å²) in [5, 5.41) is 5.99. The fourth-order valence-electron chi connectivity index (χ4n) is 3.98. The highest BCUT2D eigenvalue weighted by atomic mass is 32.2. The molecule has 0 amide bonds. The Bertz CT molecular complexity index is 1150. The van der Waals surface area contributed by atoms with Crippen LogP contribution in [0.3, 0.4) is 0 Å². The Morgan fingerprint density at radius 1 is 1.28 bits per heavy atom. The quantitative estimate of drug-likeness (QED) is 0.385. The van der Waals surface area contributed by atoms with Gasteiger partial charge in [-0.1, -0.05) is 32.5 Å². The second kappa shape index (κ2) is 8.33. The zero-order valence-corrected chi connectivity index (χ0v) is 21.2. The lowest BCUT2D eigenvalue weighted by atomic mass is 9.72. The lowest BCUT2D eigenvalue weighted by Crippen LogP contribution is -2.27. The largest absolute Gasteiger partial charge is 0.442 e. The Hall–Kier alpha value is -2.13. The normalized spacial score (nSPS) is 16.9. The lowest BCUT2D eigenvalue weighted by molar-refractivity contribution is 0.0514. The summed E-state index contributed by atoms with van der Waals surface area (Å²) in [6, 6.07) is 1.80. The fourth-order valence-corrected chi connectivity index (χ4v) is 6.09. The van der Waals surface area contributed by atoms with Crippen molar-refractivity contribution in [2.45, 2.75) is 77.3 Å². The molecule has 0 bridgehead atoms. The van der Waals surface area contributed by atoms with Gasteiger partial charge in [0.15, 0.2) is 5.16 Å². The molecule has 0 spiro atoms. The summed E-state index contributed by atoms with van der Waals surface area (Å²) in [5.41, 5.74) is 8.21. The van der Waals surface area contributed by atoms with Gasteiger partial charge in [0.2, 0.25) is 0 Å². The van der Waals surface area contributed by atoms with Gasteiger partial charge in [-0.3, -0.25) is 0 Å². The standard InChI is InChI=1S/C23H31N5O2S2/c1-22(2,3)13-7-8-15-16(11-13)32-19-17(15)18(24)25-20(26-19)31-12-14-9-10-28(27-14)21(29)30-23(4,5)6/h9-10,13H,7-8,11-12H2,1-6H3,(H2,24,25,26). The molecule has 7 nitrogen and oxygen atoms in total. The lowest BCUT2D eigenvalue weighted by Gasteiger charge is -2.33. The van der Waals surface area contributed by atoms with Crippen LogP contribution in [-0.2, 0) is 23.3 Å². The highest BCUT2D eigenvalue weighted by molar-refractivity contribution is 7.98. The average molecular weight is 474 g/mol. The molecule has 2 N–H and O–H groups in total. The van der Waals surface area contributed by atoms with Crippen molar-refractivity contribution >= 4 is 45.2 Å². The monoisotopic (exact) mass is 473 g/mol.